The summed E-state index contributed by atoms with van der Waals surface area (Å²) in [5.41, 5.74) is 6.10. The van der Waals surface area contributed by atoms with E-state index in [1.165, 1.54) is 4.68 Å². The lowest BCUT2D eigenvalue weighted by molar-refractivity contribution is -0.122. The largest absolute Gasteiger partial charge is 0.349 e. The maximum Gasteiger partial charge on any atom is 0.242 e. The van der Waals surface area contributed by atoms with E-state index in [1.807, 2.05) is 0 Å². The Kier molecular flexibility index (Phi) is 4.61. The van der Waals surface area contributed by atoms with Gasteiger partial charge in [-0.1, -0.05) is 5.21 Å². The van der Waals surface area contributed by atoms with Crippen LogP contribution in [0.15, 0.2) is 6.20 Å². The zero-order valence-electron chi connectivity index (χ0n) is 10.7. The van der Waals surface area contributed by atoms with Gasteiger partial charge in [-0.3, -0.25) is 4.79 Å². The van der Waals surface area contributed by atoms with Crippen LogP contribution in [0.2, 0.25) is 0 Å². The molecule has 1 aromatic heterocycles. The highest BCUT2D eigenvalue weighted by Crippen LogP contribution is 2.17. The molecule has 1 aromatic rings. The minimum Gasteiger partial charge on any atom is -0.349 e. The molecular weight excluding hydrogens is 306 g/mol. The predicted octanol–water partition coefficient (Wildman–Crippen LogP) is -1.70. The molecule has 0 spiro atoms. The van der Waals surface area contributed by atoms with Gasteiger partial charge in [-0.2, -0.15) is 0 Å². The van der Waals surface area contributed by atoms with Gasteiger partial charge in [0.25, 0.3) is 0 Å². The molecule has 1 aliphatic rings. The predicted molar refractivity (Wildman–Crippen MR) is 73.0 cm³/mol. The Labute approximate surface area is 121 Å². The molecule has 2 unspecified atom stereocenters. The van der Waals surface area contributed by atoms with Crippen molar-refractivity contribution in [2.75, 3.05) is 18.1 Å². The fraction of sp³-hybridized carbons (Fsp3) is 0.700. The topological polar surface area (TPSA) is 120 Å². The van der Waals surface area contributed by atoms with Crippen molar-refractivity contribution in [3.05, 3.63) is 11.9 Å². The number of nitrogens with zero attached hydrogens (tertiary/aromatic N) is 3. The third kappa shape index (κ3) is 3.90. The Morgan fingerprint density at radius 3 is 2.90 bits per heavy atom. The minimum atomic E-state index is -3.16. The molecule has 0 radical (unpaired) electrons. The smallest absolute Gasteiger partial charge is 0.242 e. The van der Waals surface area contributed by atoms with Gasteiger partial charge in [0.2, 0.25) is 5.91 Å². The number of rotatable bonds is 5. The van der Waals surface area contributed by atoms with Crippen molar-refractivity contribution < 1.29 is 13.2 Å². The Morgan fingerprint density at radius 2 is 2.30 bits per heavy atom. The molecule has 3 N–H and O–H groups in total. The fourth-order valence-electron chi connectivity index (χ4n) is 2.01. The van der Waals surface area contributed by atoms with E-state index in [0.717, 1.165) is 0 Å². The summed E-state index contributed by atoms with van der Waals surface area (Å²) in [6.07, 6.45) is 2.22. The van der Waals surface area contributed by atoms with E-state index >= 15 is 0 Å². The standard InChI is InChI=1S/C10H16ClN5O3S/c11-8-5-20(18,19)6-9(8)13-10(17)4-16-3-7(1-2-12)14-15-16/h3,8-9H,1-2,4-6,12H2,(H,13,17). The summed E-state index contributed by atoms with van der Waals surface area (Å²) >= 11 is 5.91. The molecule has 2 rings (SSSR count). The molecule has 2 heterocycles. The molecule has 0 aliphatic carbocycles. The van der Waals surface area contributed by atoms with Crippen LogP contribution in [0.25, 0.3) is 0 Å². The van der Waals surface area contributed by atoms with Crippen molar-refractivity contribution in [2.24, 2.45) is 5.73 Å². The lowest BCUT2D eigenvalue weighted by Gasteiger charge is -2.13. The first-order valence-electron chi connectivity index (χ1n) is 6.12. The van der Waals surface area contributed by atoms with Crippen LogP contribution in [-0.2, 0) is 27.6 Å². The highest BCUT2D eigenvalue weighted by atomic mass is 35.5. The summed E-state index contributed by atoms with van der Waals surface area (Å²) in [5.74, 6) is -0.575. The van der Waals surface area contributed by atoms with Gasteiger partial charge in [0.15, 0.2) is 9.84 Å². The fourth-order valence-corrected chi connectivity index (χ4v) is 4.56. The first kappa shape index (κ1) is 15.2. The van der Waals surface area contributed by atoms with Gasteiger partial charge in [-0.25, -0.2) is 13.1 Å². The monoisotopic (exact) mass is 321 g/mol. The number of hydrogen-bond acceptors (Lipinski definition) is 6. The lowest BCUT2D eigenvalue weighted by atomic mass is 10.2. The minimum absolute atomic E-state index is 0.0300. The van der Waals surface area contributed by atoms with Gasteiger partial charge < -0.3 is 11.1 Å². The molecule has 20 heavy (non-hydrogen) atoms. The highest BCUT2D eigenvalue weighted by Gasteiger charge is 2.37. The van der Waals surface area contributed by atoms with Crippen LogP contribution in [0.1, 0.15) is 5.69 Å². The van der Waals surface area contributed by atoms with Gasteiger partial charge in [0.1, 0.15) is 6.54 Å². The first-order valence-corrected chi connectivity index (χ1v) is 8.38. The SMILES string of the molecule is NCCc1cn(CC(=O)NC2CS(=O)(=O)CC2Cl)nn1. The van der Waals surface area contributed by atoms with Gasteiger partial charge in [-0.05, 0) is 6.54 Å². The molecule has 0 aromatic carbocycles. The normalized spacial score (nSPS) is 24.7. The second kappa shape index (κ2) is 6.06. The van der Waals surface area contributed by atoms with Crippen molar-refractivity contribution in [3.63, 3.8) is 0 Å². The van der Waals surface area contributed by atoms with Crippen LogP contribution in [-0.4, -0.2) is 58.8 Å². The maximum atomic E-state index is 11.8. The number of carbonyl (C=O) groups excluding carboxylic acids is 1. The molecular formula is C10H16ClN5O3S. The third-order valence-electron chi connectivity index (χ3n) is 2.92. The number of hydrogen-bond donors (Lipinski definition) is 2. The zero-order valence-corrected chi connectivity index (χ0v) is 12.3. The number of nitrogens with two attached hydrogens (primary N) is 1. The van der Waals surface area contributed by atoms with E-state index < -0.39 is 21.3 Å². The van der Waals surface area contributed by atoms with Crippen molar-refractivity contribution >= 4 is 27.3 Å². The number of sulfone groups is 1. The maximum absolute atomic E-state index is 11.8. The number of carbonyl (C=O) groups is 1. The van der Waals surface area contributed by atoms with E-state index in [9.17, 15) is 13.2 Å². The van der Waals surface area contributed by atoms with Crippen LogP contribution >= 0.6 is 11.6 Å². The molecule has 1 fully saturated rings. The Bertz CT molecular complexity index is 587. The van der Waals surface area contributed by atoms with E-state index in [1.54, 1.807) is 6.20 Å². The number of amides is 1. The third-order valence-corrected chi connectivity index (χ3v) is 5.30. The number of nitrogens with one attached hydrogen (secondary N) is 1. The van der Waals surface area contributed by atoms with E-state index in [2.05, 4.69) is 15.6 Å². The summed E-state index contributed by atoms with van der Waals surface area (Å²) in [5, 5.41) is 9.68. The van der Waals surface area contributed by atoms with E-state index in [4.69, 9.17) is 17.3 Å². The summed E-state index contributed by atoms with van der Waals surface area (Å²) in [6, 6.07) is -0.554. The summed E-state index contributed by atoms with van der Waals surface area (Å²) in [7, 11) is -3.16. The molecule has 10 heteroatoms. The summed E-state index contributed by atoms with van der Waals surface area (Å²) < 4.78 is 24.2. The number of alkyl halides is 1. The van der Waals surface area contributed by atoms with Gasteiger partial charge in [0, 0.05) is 12.6 Å². The Morgan fingerprint density at radius 1 is 1.55 bits per heavy atom. The summed E-state index contributed by atoms with van der Waals surface area (Å²) in [6.45, 7) is 0.427. The zero-order chi connectivity index (χ0) is 14.8. The van der Waals surface area contributed by atoms with Crippen LogP contribution in [0.4, 0.5) is 0 Å². The average molecular weight is 322 g/mol. The highest BCUT2D eigenvalue weighted by molar-refractivity contribution is 7.91. The van der Waals surface area contributed by atoms with Crippen LogP contribution in [0.5, 0.6) is 0 Å². The average Bonchev–Trinajstić information content (AvgIpc) is 2.84. The van der Waals surface area contributed by atoms with Crippen molar-refractivity contribution in [1.82, 2.24) is 20.3 Å². The number of halogens is 1. The van der Waals surface area contributed by atoms with E-state index in [-0.39, 0.29) is 24.0 Å². The van der Waals surface area contributed by atoms with Crippen molar-refractivity contribution in [2.45, 2.75) is 24.4 Å². The van der Waals surface area contributed by atoms with Crippen LogP contribution in [0, 0.1) is 0 Å². The summed E-state index contributed by atoms with van der Waals surface area (Å²) in [4.78, 5) is 11.8. The molecule has 112 valence electrons. The Balaban J connectivity index is 1.89. The van der Waals surface area contributed by atoms with Gasteiger partial charge >= 0.3 is 0 Å². The molecule has 8 nitrogen and oxygen atoms in total. The molecule has 2 atom stereocenters. The first-order chi connectivity index (χ1) is 9.39. The van der Waals surface area contributed by atoms with Crippen molar-refractivity contribution in [3.8, 4) is 0 Å². The second-order valence-corrected chi connectivity index (χ2v) is 7.43. The van der Waals surface area contributed by atoms with Gasteiger partial charge in [-0.15, -0.1) is 16.7 Å². The van der Waals surface area contributed by atoms with Crippen LogP contribution in [0.3, 0.4) is 0 Å². The molecule has 1 aliphatic heterocycles. The second-order valence-electron chi connectivity index (χ2n) is 4.71. The number of aromatic nitrogens is 3. The molecule has 1 saturated heterocycles. The molecule has 0 bridgehead atoms. The van der Waals surface area contributed by atoms with Crippen molar-refractivity contribution in [1.29, 1.82) is 0 Å². The van der Waals surface area contributed by atoms with Gasteiger partial charge in [0.05, 0.1) is 28.6 Å². The molecule has 1 amide bonds. The van der Waals surface area contributed by atoms with Crippen LogP contribution < -0.4 is 11.1 Å². The quantitative estimate of drug-likeness (QED) is 0.624. The Hall–Kier alpha value is -1.19. The van der Waals surface area contributed by atoms with E-state index in [0.29, 0.717) is 18.7 Å². The lowest BCUT2D eigenvalue weighted by Crippen LogP contribution is -2.42. The molecule has 0 saturated carbocycles.